The van der Waals surface area contributed by atoms with Crippen LogP contribution >= 0.6 is 7.60 Å². The van der Waals surface area contributed by atoms with E-state index in [1.54, 1.807) is 18.2 Å². The Labute approximate surface area is 101 Å². The average Bonchev–Trinajstić information content (AvgIpc) is 2.36. The fourth-order valence-electron chi connectivity index (χ4n) is 1.81. The Morgan fingerprint density at radius 1 is 1.24 bits per heavy atom. The zero-order valence-electron chi connectivity index (χ0n) is 10.5. The van der Waals surface area contributed by atoms with Gasteiger partial charge >= 0.3 is 7.60 Å². The number of aldehydes is 1. The van der Waals surface area contributed by atoms with Crippen LogP contribution in [0, 0.1) is 0 Å². The summed E-state index contributed by atoms with van der Waals surface area (Å²) in [6, 6.07) is 5.05. The minimum Gasteiger partial charge on any atom is -0.309 e. The van der Waals surface area contributed by atoms with Gasteiger partial charge in [0, 0.05) is 19.8 Å². The lowest BCUT2D eigenvalue weighted by Gasteiger charge is -2.20. The Hall–Kier alpha value is -0.960. The highest BCUT2D eigenvalue weighted by Gasteiger charge is 2.29. The van der Waals surface area contributed by atoms with Gasteiger partial charge in [-0.25, -0.2) is 0 Å². The van der Waals surface area contributed by atoms with Gasteiger partial charge in [-0.2, -0.15) is 0 Å². The molecule has 0 amide bonds. The van der Waals surface area contributed by atoms with Gasteiger partial charge in [0.1, 0.15) is 6.29 Å². The molecule has 1 rings (SSSR count). The van der Waals surface area contributed by atoms with Crippen LogP contribution in [0.15, 0.2) is 18.2 Å². The van der Waals surface area contributed by atoms with Gasteiger partial charge in [0.2, 0.25) is 0 Å². The SMILES string of the molecule is COP(=O)(OC)c1cccc(C=O)c1C(C)C. The van der Waals surface area contributed by atoms with Crippen molar-refractivity contribution in [1.82, 2.24) is 0 Å². The molecule has 4 nitrogen and oxygen atoms in total. The van der Waals surface area contributed by atoms with Crippen molar-refractivity contribution in [3.8, 4) is 0 Å². The standard InChI is InChI=1S/C12H17O4P/c1-9(2)12-10(8-13)6-5-7-11(12)17(14,15-3)16-4/h5-9H,1-4H3. The molecule has 0 fully saturated rings. The first-order valence-electron chi connectivity index (χ1n) is 5.30. The molecule has 0 unspecified atom stereocenters. The Morgan fingerprint density at radius 3 is 2.24 bits per heavy atom. The van der Waals surface area contributed by atoms with Gasteiger partial charge in [-0.3, -0.25) is 9.36 Å². The number of hydrogen-bond acceptors (Lipinski definition) is 4. The molecule has 0 spiro atoms. The molecule has 0 aliphatic carbocycles. The topological polar surface area (TPSA) is 52.6 Å². The zero-order valence-corrected chi connectivity index (χ0v) is 11.4. The largest absolute Gasteiger partial charge is 0.361 e. The monoisotopic (exact) mass is 256 g/mol. The normalized spacial score (nSPS) is 11.8. The summed E-state index contributed by atoms with van der Waals surface area (Å²) >= 11 is 0. The van der Waals surface area contributed by atoms with E-state index in [0.717, 1.165) is 11.8 Å². The summed E-state index contributed by atoms with van der Waals surface area (Å²) in [4.78, 5) is 11.0. The molecular formula is C12H17O4P. The van der Waals surface area contributed by atoms with Crippen LogP contribution in [0.25, 0.3) is 0 Å². The molecule has 0 atom stereocenters. The Balaban J connectivity index is 3.53. The maximum atomic E-state index is 12.4. The molecule has 0 saturated heterocycles. The van der Waals surface area contributed by atoms with E-state index in [0.29, 0.717) is 10.9 Å². The van der Waals surface area contributed by atoms with E-state index < -0.39 is 7.60 Å². The van der Waals surface area contributed by atoms with E-state index >= 15 is 0 Å². The number of benzene rings is 1. The van der Waals surface area contributed by atoms with Crippen molar-refractivity contribution in [2.24, 2.45) is 0 Å². The van der Waals surface area contributed by atoms with Crippen LogP contribution in [0.4, 0.5) is 0 Å². The second-order valence-corrected chi connectivity index (χ2v) is 6.12. The molecule has 0 radical (unpaired) electrons. The summed E-state index contributed by atoms with van der Waals surface area (Å²) < 4.78 is 22.3. The van der Waals surface area contributed by atoms with Crippen LogP contribution in [0.2, 0.25) is 0 Å². The van der Waals surface area contributed by atoms with Crippen LogP contribution < -0.4 is 5.30 Å². The van der Waals surface area contributed by atoms with Gasteiger partial charge in [-0.15, -0.1) is 0 Å². The van der Waals surface area contributed by atoms with Crippen LogP contribution in [0.5, 0.6) is 0 Å². The number of hydrogen-bond donors (Lipinski definition) is 0. The summed E-state index contributed by atoms with van der Waals surface area (Å²) in [7, 11) is -0.653. The number of carbonyl (C=O) groups is 1. The van der Waals surface area contributed by atoms with Crippen LogP contribution in [0.1, 0.15) is 35.7 Å². The fraction of sp³-hybridized carbons (Fsp3) is 0.417. The van der Waals surface area contributed by atoms with Crippen molar-refractivity contribution >= 4 is 19.2 Å². The number of carbonyl (C=O) groups excluding carboxylic acids is 1. The van der Waals surface area contributed by atoms with Crippen LogP contribution in [0.3, 0.4) is 0 Å². The summed E-state index contributed by atoms with van der Waals surface area (Å²) in [6.07, 6.45) is 0.758. The predicted molar refractivity (Wildman–Crippen MR) is 67.2 cm³/mol. The Morgan fingerprint density at radius 2 is 1.82 bits per heavy atom. The van der Waals surface area contributed by atoms with Gasteiger partial charge < -0.3 is 9.05 Å². The molecule has 1 aromatic rings. The van der Waals surface area contributed by atoms with Gasteiger partial charge in [0.05, 0.1) is 5.30 Å². The van der Waals surface area contributed by atoms with Gasteiger partial charge in [0.25, 0.3) is 0 Å². The lowest BCUT2D eigenvalue weighted by Crippen LogP contribution is -2.17. The summed E-state index contributed by atoms with van der Waals surface area (Å²) in [5, 5.41) is 0.460. The third-order valence-electron chi connectivity index (χ3n) is 2.60. The first kappa shape index (κ1) is 14.1. The maximum Gasteiger partial charge on any atom is 0.361 e. The summed E-state index contributed by atoms with van der Waals surface area (Å²) in [6.45, 7) is 3.86. The van der Waals surface area contributed by atoms with E-state index in [1.165, 1.54) is 14.2 Å². The third kappa shape index (κ3) is 2.65. The molecule has 0 aliphatic heterocycles. The molecule has 0 aromatic heterocycles. The molecule has 1 aromatic carbocycles. The second kappa shape index (κ2) is 5.58. The molecule has 94 valence electrons. The van der Waals surface area contributed by atoms with E-state index in [9.17, 15) is 9.36 Å². The van der Waals surface area contributed by atoms with Gasteiger partial charge in [0.15, 0.2) is 0 Å². The van der Waals surface area contributed by atoms with E-state index in [-0.39, 0.29) is 5.92 Å². The minimum atomic E-state index is -3.32. The molecule has 17 heavy (non-hydrogen) atoms. The van der Waals surface area contributed by atoms with Crippen LogP contribution in [-0.4, -0.2) is 20.5 Å². The van der Waals surface area contributed by atoms with Crippen molar-refractivity contribution in [3.63, 3.8) is 0 Å². The highest BCUT2D eigenvalue weighted by molar-refractivity contribution is 7.62. The quantitative estimate of drug-likeness (QED) is 0.600. The molecule has 5 heteroatoms. The lowest BCUT2D eigenvalue weighted by molar-refractivity contribution is 0.112. The Bertz CT molecular complexity index is 446. The second-order valence-electron chi connectivity index (χ2n) is 3.92. The van der Waals surface area contributed by atoms with Crippen molar-refractivity contribution in [1.29, 1.82) is 0 Å². The van der Waals surface area contributed by atoms with Gasteiger partial charge in [-0.1, -0.05) is 26.0 Å². The van der Waals surface area contributed by atoms with E-state index in [1.807, 2.05) is 13.8 Å². The van der Waals surface area contributed by atoms with E-state index in [4.69, 9.17) is 9.05 Å². The van der Waals surface area contributed by atoms with Crippen molar-refractivity contribution in [2.75, 3.05) is 14.2 Å². The molecule has 0 saturated carbocycles. The molecule has 0 heterocycles. The Kier molecular flexibility index (Phi) is 4.63. The predicted octanol–water partition coefficient (Wildman–Crippen LogP) is 2.73. The fourth-order valence-corrected chi connectivity index (χ4v) is 3.31. The maximum absolute atomic E-state index is 12.4. The smallest absolute Gasteiger partial charge is 0.309 e. The summed E-state index contributed by atoms with van der Waals surface area (Å²) in [5.74, 6) is 0.0602. The first-order chi connectivity index (χ1) is 8.00. The number of rotatable bonds is 5. The average molecular weight is 256 g/mol. The molecule has 0 bridgehead atoms. The highest BCUT2D eigenvalue weighted by Crippen LogP contribution is 2.47. The lowest BCUT2D eigenvalue weighted by atomic mass is 9.98. The van der Waals surface area contributed by atoms with Crippen molar-refractivity contribution in [2.45, 2.75) is 19.8 Å². The summed E-state index contributed by atoms with van der Waals surface area (Å²) in [5.41, 5.74) is 1.24. The van der Waals surface area contributed by atoms with Crippen molar-refractivity contribution < 1.29 is 18.4 Å². The first-order valence-corrected chi connectivity index (χ1v) is 6.84. The van der Waals surface area contributed by atoms with Crippen LogP contribution in [-0.2, 0) is 13.6 Å². The molecule has 0 N–H and O–H groups in total. The molecule has 0 aliphatic rings. The molecular weight excluding hydrogens is 239 g/mol. The van der Waals surface area contributed by atoms with E-state index in [2.05, 4.69) is 0 Å². The third-order valence-corrected chi connectivity index (χ3v) is 4.54. The van der Waals surface area contributed by atoms with Crippen molar-refractivity contribution in [3.05, 3.63) is 29.3 Å². The highest BCUT2D eigenvalue weighted by atomic mass is 31.2. The minimum absolute atomic E-state index is 0.0602. The van der Waals surface area contributed by atoms with Gasteiger partial charge in [-0.05, 0) is 17.5 Å². The zero-order chi connectivity index (χ0) is 13.1.